The van der Waals surface area contributed by atoms with E-state index in [2.05, 4.69) is 4.90 Å². The van der Waals surface area contributed by atoms with Crippen molar-refractivity contribution < 1.29 is 4.39 Å². The molecule has 4 heteroatoms. The highest BCUT2D eigenvalue weighted by Crippen LogP contribution is 2.40. The molecule has 2 fully saturated rings. The fourth-order valence-electron chi connectivity index (χ4n) is 4.20. The monoisotopic (exact) mass is 310 g/mol. The van der Waals surface area contributed by atoms with Crippen LogP contribution < -0.4 is 5.73 Å². The zero-order valence-electron chi connectivity index (χ0n) is 12.5. The van der Waals surface area contributed by atoms with Crippen LogP contribution in [0, 0.1) is 5.82 Å². The van der Waals surface area contributed by atoms with Crippen molar-refractivity contribution >= 4 is 11.6 Å². The van der Waals surface area contributed by atoms with Crippen molar-refractivity contribution in [2.24, 2.45) is 5.73 Å². The van der Waals surface area contributed by atoms with Gasteiger partial charge in [-0.1, -0.05) is 24.4 Å². The van der Waals surface area contributed by atoms with E-state index in [-0.39, 0.29) is 17.4 Å². The van der Waals surface area contributed by atoms with Gasteiger partial charge in [-0.3, -0.25) is 4.90 Å². The van der Waals surface area contributed by atoms with Crippen LogP contribution in [0.25, 0.3) is 0 Å². The van der Waals surface area contributed by atoms with E-state index in [4.69, 9.17) is 17.3 Å². The molecule has 21 heavy (non-hydrogen) atoms. The van der Waals surface area contributed by atoms with Crippen LogP contribution in [0.4, 0.5) is 4.39 Å². The van der Waals surface area contributed by atoms with E-state index in [1.807, 2.05) is 0 Å². The first kappa shape index (κ1) is 15.3. The van der Waals surface area contributed by atoms with Gasteiger partial charge in [0.1, 0.15) is 5.82 Å². The van der Waals surface area contributed by atoms with Crippen molar-refractivity contribution in [1.82, 2.24) is 4.90 Å². The summed E-state index contributed by atoms with van der Waals surface area (Å²) >= 11 is 6.22. The highest BCUT2D eigenvalue weighted by molar-refractivity contribution is 6.31. The van der Waals surface area contributed by atoms with Crippen molar-refractivity contribution in [2.45, 2.75) is 56.5 Å². The summed E-state index contributed by atoms with van der Waals surface area (Å²) in [6.07, 6.45) is 8.04. The first-order chi connectivity index (χ1) is 10.1. The first-order valence-corrected chi connectivity index (χ1v) is 8.44. The van der Waals surface area contributed by atoms with E-state index < -0.39 is 0 Å². The zero-order valence-corrected chi connectivity index (χ0v) is 13.2. The zero-order chi connectivity index (χ0) is 14.9. The van der Waals surface area contributed by atoms with Crippen LogP contribution in [0.15, 0.2) is 18.2 Å². The third-order valence-electron chi connectivity index (χ3n) is 5.34. The molecular formula is C17H24ClFN2. The summed E-state index contributed by atoms with van der Waals surface area (Å²) in [6.45, 7) is 2.31. The lowest BCUT2D eigenvalue weighted by Gasteiger charge is -2.43. The summed E-state index contributed by atoms with van der Waals surface area (Å²) in [5, 5.41) is 0.626. The summed E-state index contributed by atoms with van der Waals surface area (Å²) in [5.74, 6) is -0.233. The Kier molecular flexibility index (Phi) is 4.53. The molecular weight excluding hydrogens is 287 g/mol. The van der Waals surface area contributed by atoms with Gasteiger partial charge in [0, 0.05) is 16.6 Å². The Bertz CT molecular complexity index is 494. The normalized spacial score (nSPS) is 23.6. The van der Waals surface area contributed by atoms with E-state index in [1.54, 1.807) is 6.07 Å². The molecule has 0 aromatic heterocycles. The van der Waals surface area contributed by atoms with Crippen LogP contribution >= 0.6 is 11.6 Å². The summed E-state index contributed by atoms with van der Waals surface area (Å²) in [5.41, 5.74) is 7.57. The number of hydrogen-bond acceptors (Lipinski definition) is 2. The predicted molar refractivity (Wildman–Crippen MR) is 85.1 cm³/mol. The number of hydrogen-bond donors (Lipinski definition) is 1. The largest absolute Gasteiger partial charge is 0.326 e. The van der Waals surface area contributed by atoms with Crippen LogP contribution in [0.5, 0.6) is 0 Å². The molecule has 0 radical (unpaired) electrons. The molecule has 1 heterocycles. The smallest absolute Gasteiger partial charge is 0.123 e. The highest BCUT2D eigenvalue weighted by atomic mass is 35.5. The fourth-order valence-corrected chi connectivity index (χ4v) is 4.39. The second kappa shape index (κ2) is 6.23. The van der Waals surface area contributed by atoms with Crippen molar-refractivity contribution in [3.63, 3.8) is 0 Å². The molecule has 0 bridgehead atoms. The van der Waals surface area contributed by atoms with Crippen LogP contribution in [0.1, 0.15) is 44.1 Å². The average Bonchev–Trinajstić information content (AvgIpc) is 3.13. The van der Waals surface area contributed by atoms with E-state index in [1.165, 1.54) is 50.7 Å². The Morgan fingerprint density at radius 3 is 2.52 bits per heavy atom. The maximum absolute atomic E-state index is 13.5. The maximum atomic E-state index is 13.5. The van der Waals surface area contributed by atoms with E-state index in [0.717, 1.165) is 18.7 Å². The van der Waals surface area contributed by atoms with Crippen LogP contribution in [-0.4, -0.2) is 29.6 Å². The fraction of sp³-hybridized carbons (Fsp3) is 0.647. The Morgan fingerprint density at radius 2 is 1.86 bits per heavy atom. The Balaban J connectivity index is 1.81. The molecule has 1 aliphatic carbocycles. The summed E-state index contributed by atoms with van der Waals surface area (Å²) in [7, 11) is 0. The molecule has 0 amide bonds. The van der Waals surface area contributed by atoms with Crippen molar-refractivity contribution in [1.29, 1.82) is 0 Å². The molecule has 1 saturated heterocycles. The second-order valence-electron chi connectivity index (χ2n) is 6.55. The average molecular weight is 311 g/mol. The second-order valence-corrected chi connectivity index (χ2v) is 6.96. The Hall–Kier alpha value is -0.640. The van der Waals surface area contributed by atoms with Gasteiger partial charge in [-0.15, -0.1) is 0 Å². The van der Waals surface area contributed by atoms with Crippen molar-refractivity contribution in [3.05, 3.63) is 34.6 Å². The molecule has 1 unspecified atom stereocenters. The van der Waals surface area contributed by atoms with Crippen LogP contribution in [0.3, 0.4) is 0 Å². The van der Waals surface area contributed by atoms with Gasteiger partial charge in [0.05, 0.1) is 0 Å². The van der Waals surface area contributed by atoms with Gasteiger partial charge in [0.15, 0.2) is 0 Å². The number of benzene rings is 1. The van der Waals surface area contributed by atoms with Crippen molar-refractivity contribution in [3.8, 4) is 0 Å². The number of nitrogens with two attached hydrogens (primary N) is 1. The molecule has 1 saturated carbocycles. The minimum absolute atomic E-state index is 0.0254. The van der Waals surface area contributed by atoms with Gasteiger partial charge < -0.3 is 5.73 Å². The minimum Gasteiger partial charge on any atom is -0.326 e. The van der Waals surface area contributed by atoms with Gasteiger partial charge in [-0.25, -0.2) is 4.39 Å². The molecule has 1 aromatic carbocycles. The lowest BCUT2D eigenvalue weighted by molar-refractivity contribution is 0.0921. The van der Waals surface area contributed by atoms with Crippen LogP contribution in [0.2, 0.25) is 5.02 Å². The molecule has 1 atom stereocenters. The number of likely N-dealkylation sites (tertiary alicyclic amines) is 1. The van der Waals surface area contributed by atoms with E-state index >= 15 is 0 Å². The molecule has 1 aromatic rings. The summed E-state index contributed by atoms with van der Waals surface area (Å²) in [6, 6.07) is 4.60. The summed E-state index contributed by atoms with van der Waals surface area (Å²) < 4.78 is 13.5. The molecule has 2 nitrogen and oxygen atoms in total. The minimum atomic E-state index is -0.233. The van der Waals surface area contributed by atoms with Gasteiger partial charge in [0.25, 0.3) is 0 Å². The molecule has 2 N–H and O–H groups in total. The van der Waals surface area contributed by atoms with E-state index in [0.29, 0.717) is 11.4 Å². The quantitative estimate of drug-likeness (QED) is 0.917. The number of halogens is 2. The molecule has 0 spiro atoms. The van der Waals surface area contributed by atoms with Crippen LogP contribution in [-0.2, 0) is 6.42 Å². The summed E-state index contributed by atoms with van der Waals surface area (Å²) in [4.78, 5) is 2.60. The third kappa shape index (κ3) is 2.96. The molecule has 2 aliphatic rings. The first-order valence-electron chi connectivity index (χ1n) is 8.06. The topological polar surface area (TPSA) is 29.3 Å². The Morgan fingerprint density at radius 1 is 1.19 bits per heavy atom. The molecule has 1 aliphatic heterocycles. The van der Waals surface area contributed by atoms with Gasteiger partial charge in [-0.2, -0.15) is 0 Å². The lowest BCUT2D eigenvalue weighted by atomic mass is 9.83. The maximum Gasteiger partial charge on any atom is 0.123 e. The third-order valence-corrected chi connectivity index (χ3v) is 5.71. The number of nitrogens with zero attached hydrogens (tertiary/aromatic N) is 1. The Labute approximate surface area is 131 Å². The predicted octanol–water partition coefficient (Wildman–Crippen LogP) is 3.76. The van der Waals surface area contributed by atoms with Gasteiger partial charge >= 0.3 is 0 Å². The standard InChI is InChI=1S/C17H24ClFN2/c18-15-6-5-14(19)11-13(15)12-16(20)17(7-1-2-8-17)21-9-3-4-10-21/h5-6,11,16H,1-4,7-10,12,20H2. The SMILES string of the molecule is NC(Cc1cc(F)ccc1Cl)C1(N2CCCC2)CCCC1. The molecule has 3 rings (SSSR count). The molecule has 116 valence electrons. The number of rotatable bonds is 4. The van der Waals surface area contributed by atoms with Gasteiger partial charge in [0.2, 0.25) is 0 Å². The highest BCUT2D eigenvalue weighted by Gasteiger charge is 2.45. The van der Waals surface area contributed by atoms with Gasteiger partial charge in [-0.05, 0) is 69.0 Å². The van der Waals surface area contributed by atoms with Crippen molar-refractivity contribution in [2.75, 3.05) is 13.1 Å². The lowest BCUT2D eigenvalue weighted by Crippen LogP contribution is -2.58. The van der Waals surface area contributed by atoms with E-state index in [9.17, 15) is 4.39 Å².